The Morgan fingerprint density at radius 3 is 2.33 bits per heavy atom. The van der Waals surface area contributed by atoms with Crippen molar-refractivity contribution in [2.75, 3.05) is 30.6 Å². The predicted octanol–water partition coefficient (Wildman–Crippen LogP) is 3.37. The van der Waals surface area contributed by atoms with Crippen LogP contribution in [0.1, 0.15) is 15.9 Å². The molecule has 0 atom stereocenters. The number of nitrogens with zero attached hydrogens (tertiary/aromatic N) is 1. The Balaban J connectivity index is 2.32. The lowest BCUT2D eigenvalue weighted by Crippen LogP contribution is -2.15. The maximum absolute atomic E-state index is 12.5. The van der Waals surface area contributed by atoms with Gasteiger partial charge in [-0.25, -0.2) is 8.42 Å². The van der Waals surface area contributed by atoms with Crippen molar-refractivity contribution in [3.8, 4) is 0 Å². The molecule has 0 unspecified atom stereocenters. The molecule has 0 aliphatic carbocycles. The largest absolute Gasteiger partial charge is 0.376 e. The summed E-state index contributed by atoms with van der Waals surface area (Å²) in [5.74, 6) is -0.383. The van der Waals surface area contributed by atoms with Gasteiger partial charge in [-0.2, -0.15) is 0 Å². The summed E-state index contributed by atoms with van der Waals surface area (Å²) in [5.41, 5.74) is 2.38. The minimum absolute atomic E-state index is 0.110. The summed E-state index contributed by atoms with van der Waals surface area (Å²) >= 11 is 6.20. The van der Waals surface area contributed by atoms with Gasteiger partial charge in [-0.3, -0.25) is 4.79 Å². The summed E-state index contributed by atoms with van der Waals surface area (Å²) in [6, 6.07) is 9.70. The highest BCUT2D eigenvalue weighted by atomic mass is 35.5. The standard InChI is InChI=1S/C17H19ClN2O3S/c1-11-5-7-13(24(4,22)23)10-14(11)17(21)19-12-6-8-16(20(2)3)15(18)9-12/h5-10H,1-4H3,(H,19,21). The second-order valence-corrected chi connectivity index (χ2v) is 8.19. The fraction of sp³-hybridized carbons (Fsp3) is 0.235. The molecule has 1 N–H and O–H groups in total. The Hall–Kier alpha value is -2.05. The van der Waals surface area contributed by atoms with E-state index in [9.17, 15) is 13.2 Å². The zero-order valence-corrected chi connectivity index (χ0v) is 15.5. The van der Waals surface area contributed by atoms with Gasteiger partial charge in [0.05, 0.1) is 15.6 Å². The van der Waals surface area contributed by atoms with Gasteiger partial charge in [0.25, 0.3) is 5.91 Å². The molecule has 128 valence electrons. The minimum Gasteiger partial charge on any atom is -0.376 e. The van der Waals surface area contributed by atoms with E-state index in [-0.39, 0.29) is 10.8 Å². The zero-order valence-electron chi connectivity index (χ0n) is 13.9. The van der Waals surface area contributed by atoms with Gasteiger partial charge < -0.3 is 10.2 Å². The Kier molecular flexibility index (Phi) is 5.20. The van der Waals surface area contributed by atoms with Crippen LogP contribution in [-0.4, -0.2) is 34.7 Å². The second kappa shape index (κ2) is 6.83. The van der Waals surface area contributed by atoms with Crippen molar-refractivity contribution in [3.63, 3.8) is 0 Å². The molecule has 2 aromatic rings. The first-order valence-corrected chi connectivity index (χ1v) is 9.45. The molecule has 0 aromatic heterocycles. The van der Waals surface area contributed by atoms with E-state index >= 15 is 0 Å². The van der Waals surface area contributed by atoms with Gasteiger partial charge in [0.2, 0.25) is 0 Å². The number of aryl methyl sites for hydroxylation is 1. The number of hydrogen-bond acceptors (Lipinski definition) is 4. The third-order valence-electron chi connectivity index (χ3n) is 3.57. The average molecular weight is 367 g/mol. The van der Waals surface area contributed by atoms with Gasteiger partial charge in [-0.05, 0) is 42.8 Å². The zero-order chi connectivity index (χ0) is 18.1. The number of benzene rings is 2. The molecule has 7 heteroatoms. The Bertz CT molecular complexity index is 893. The van der Waals surface area contributed by atoms with Gasteiger partial charge in [-0.15, -0.1) is 0 Å². The molecule has 5 nitrogen and oxygen atoms in total. The summed E-state index contributed by atoms with van der Waals surface area (Å²) in [7, 11) is 0.372. The van der Waals surface area contributed by atoms with Crippen molar-refractivity contribution in [2.45, 2.75) is 11.8 Å². The van der Waals surface area contributed by atoms with E-state index < -0.39 is 9.84 Å². The quantitative estimate of drug-likeness (QED) is 0.900. The summed E-state index contributed by atoms with van der Waals surface area (Å²) in [6.45, 7) is 1.75. The molecule has 0 radical (unpaired) electrons. The summed E-state index contributed by atoms with van der Waals surface area (Å²) < 4.78 is 23.3. The first-order valence-electron chi connectivity index (χ1n) is 7.18. The van der Waals surface area contributed by atoms with Gasteiger partial charge in [0.1, 0.15) is 0 Å². The van der Waals surface area contributed by atoms with Crippen LogP contribution in [0.15, 0.2) is 41.3 Å². The number of hydrogen-bond donors (Lipinski definition) is 1. The molecule has 0 aliphatic rings. The Morgan fingerprint density at radius 1 is 1.12 bits per heavy atom. The topological polar surface area (TPSA) is 66.5 Å². The van der Waals surface area contributed by atoms with E-state index in [1.165, 1.54) is 12.1 Å². The molecule has 0 saturated carbocycles. The normalized spacial score (nSPS) is 11.2. The highest BCUT2D eigenvalue weighted by Gasteiger charge is 2.15. The van der Waals surface area contributed by atoms with Crippen LogP contribution >= 0.6 is 11.6 Å². The molecule has 24 heavy (non-hydrogen) atoms. The summed E-state index contributed by atoms with van der Waals surface area (Å²) in [5, 5.41) is 3.26. The first kappa shape index (κ1) is 18.3. The lowest BCUT2D eigenvalue weighted by atomic mass is 10.1. The molecule has 0 bridgehead atoms. The lowest BCUT2D eigenvalue weighted by molar-refractivity contribution is 0.102. The number of nitrogens with one attached hydrogen (secondary N) is 1. The number of carbonyl (C=O) groups is 1. The van der Waals surface area contributed by atoms with Crippen molar-refractivity contribution in [1.82, 2.24) is 0 Å². The van der Waals surface area contributed by atoms with Crippen LogP contribution in [0.5, 0.6) is 0 Å². The molecule has 2 aromatic carbocycles. The van der Waals surface area contributed by atoms with Gasteiger partial charge >= 0.3 is 0 Å². The van der Waals surface area contributed by atoms with Crippen LogP contribution in [-0.2, 0) is 9.84 Å². The maximum atomic E-state index is 12.5. The highest BCUT2D eigenvalue weighted by Crippen LogP contribution is 2.28. The van der Waals surface area contributed by atoms with Crippen LogP contribution in [0, 0.1) is 6.92 Å². The van der Waals surface area contributed by atoms with Gasteiger partial charge in [0.15, 0.2) is 9.84 Å². The fourth-order valence-electron chi connectivity index (χ4n) is 2.22. The molecule has 0 saturated heterocycles. The van der Waals surface area contributed by atoms with E-state index in [4.69, 9.17) is 11.6 Å². The fourth-order valence-corrected chi connectivity index (χ4v) is 3.22. The molecule has 0 fully saturated rings. The number of rotatable bonds is 4. The summed E-state index contributed by atoms with van der Waals surface area (Å²) in [6.07, 6.45) is 1.11. The minimum atomic E-state index is -3.38. The second-order valence-electron chi connectivity index (χ2n) is 5.76. The number of sulfone groups is 1. The third kappa shape index (κ3) is 4.07. The average Bonchev–Trinajstić information content (AvgIpc) is 2.45. The van der Waals surface area contributed by atoms with Gasteiger partial charge in [-0.1, -0.05) is 17.7 Å². The molecule has 0 aliphatic heterocycles. The van der Waals surface area contributed by atoms with Crippen LogP contribution in [0.3, 0.4) is 0 Å². The number of anilines is 2. The van der Waals surface area contributed by atoms with E-state index in [1.54, 1.807) is 31.2 Å². The van der Waals surface area contributed by atoms with E-state index in [0.717, 1.165) is 11.9 Å². The van der Waals surface area contributed by atoms with E-state index in [0.29, 0.717) is 21.8 Å². The maximum Gasteiger partial charge on any atom is 0.255 e. The number of amides is 1. The monoisotopic (exact) mass is 366 g/mol. The molecular formula is C17H19ClN2O3S. The van der Waals surface area contributed by atoms with Crippen LogP contribution in [0.2, 0.25) is 5.02 Å². The van der Waals surface area contributed by atoms with Crippen molar-refractivity contribution < 1.29 is 13.2 Å². The van der Waals surface area contributed by atoms with Crippen molar-refractivity contribution in [2.24, 2.45) is 0 Å². The summed E-state index contributed by atoms with van der Waals surface area (Å²) in [4.78, 5) is 14.5. The van der Waals surface area contributed by atoms with Crippen molar-refractivity contribution in [1.29, 1.82) is 0 Å². The number of halogens is 1. The van der Waals surface area contributed by atoms with E-state index in [2.05, 4.69) is 5.32 Å². The molecular weight excluding hydrogens is 348 g/mol. The predicted molar refractivity (Wildman–Crippen MR) is 98.0 cm³/mol. The lowest BCUT2D eigenvalue weighted by Gasteiger charge is -2.15. The highest BCUT2D eigenvalue weighted by molar-refractivity contribution is 7.90. The van der Waals surface area contributed by atoms with Crippen molar-refractivity contribution >= 4 is 38.7 Å². The third-order valence-corrected chi connectivity index (χ3v) is 4.98. The SMILES string of the molecule is Cc1ccc(S(C)(=O)=O)cc1C(=O)Nc1ccc(N(C)C)c(Cl)c1. The molecule has 0 spiro atoms. The Labute approximate surface area is 147 Å². The van der Waals surface area contributed by atoms with E-state index in [1.807, 2.05) is 19.0 Å². The van der Waals surface area contributed by atoms with Crippen LogP contribution in [0.4, 0.5) is 11.4 Å². The van der Waals surface area contributed by atoms with Crippen LogP contribution in [0.25, 0.3) is 0 Å². The van der Waals surface area contributed by atoms with Crippen molar-refractivity contribution in [3.05, 3.63) is 52.5 Å². The smallest absolute Gasteiger partial charge is 0.255 e. The molecule has 2 rings (SSSR count). The molecule has 1 amide bonds. The van der Waals surface area contributed by atoms with Crippen LogP contribution < -0.4 is 10.2 Å². The number of carbonyl (C=O) groups excluding carboxylic acids is 1. The first-order chi connectivity index (χ1) is 11.1. The molecule has 0 heterocycles. The Morgan fingerprint density at radius 2 is 1.79 bits per heavy atom. The van der Waals surface area contributed by atoms with Gasteiger partial charge in [0, 0.05) is 31.6 Å².